The van der Waals surface area contributed by atoms with Crippen LogP contribution in [0.3, 0.4) is 0 Å². The van der Waals surface area contributed by atoms with Gasteiger partial charge < -0.3 is 0 Å². The molecule has 0 radical (unpaired) electrons. The first kappa shape index (κ1) is 16.2. The maximum absolute atomic E-state index is 4.78. The summed E-state index contributed by atoms with van der Waals surface area (Å²) in [6, 6.07) is 14.6. The largest absolute Gasteiger partial charge is 0.274 e. The Morgan fingerprint density at radius 1 is 1.04 bits per heavy atom. The van der Waals surface area contributed by atoms with E-state index in [9.17, 15) is 0 Å². The molecule has 1 aromatic carbocycles. The van der Waals surface area contributed by atoms with E-state index in [1.807, 2.05) is 6.07 Å². The molecule has 7 heteroatoms. The van der Waals surface area contributed by atoms with Crippen molar-refractivity contribution in [2.75, 3.05) is 0 Å². The van der Waals surface area contributed by atoms with Gasteiger partial charge in [0.25, 0.3) is 0 Å². The Labute approximate surface area is 164 Å². The third-order valence-corrected chi connectivity index (χ3v) is 7.14. The molecule has 0 saturated heterocycles. The van der Waals surface area contributed by atoms with E-state index >= 15 is 0 Å². The third-order valence-electron chi connectivity index (χ3n) is 4.25. The highest BCUT2D eigenvalue weighted by molar-refractivity contribution is 7.98. The Kier molecular flexibility index (Phi) is 4.36. The molecule has 4 aromatic rings. The van der Waals surface area contributed by atoms with E-state index in [2.05, 4.69) is 61.9 Å². The quantitative estimate of drug-likeness (QED) is 0.397. The number of hydrogen-bond acceptors (Lipinski definition) is 6. The van der Waals surface area contributed by atoms with Gasteiger partial charge in [0.05, 0.1) is 10.6 Å². The molecule has 0 amide bonds. The molecular weight excluding hydrogens is 380 g/mol. The van der Waals surface area contributed by atoms with Crippen LogP contribution in [0, 0.1) is 0 Å². The van der Waals surface area contributed by atoms with Crippen molar-refractivity contribution in [3.63, 3.8) is 0 Å². The molecule has 5 rings (SSSR count). The first-order valence-electron chi connectivity index (χ1n) is 8.50. The van der Waals surface area contributed by atoms with E-state index in [0.717, 1.165) is 33.1 Å². The zero-order valence-electron chi connectivity index (χ0n) is 13.9. The van der Waals surface area contributed by atoms with Crippen molar-refractivity contribution in [3.05, 3.63) is 64.7 Å². The fourth-order valence-electron chi connectivity index (χ4n) is 2.83. The molecule has 130 valence electrons. The minimum atomic E-state index is 0.557. The van der Waals surface area contributed by atoms with Crippen LogP contribution >= 0.6 is 34.4 Å². The zero-order valence-corrected chi connectivity index (χ0v) is 16.4. The van der Waals surface area contributed by atoms with E-state index in [1.54, 1.807) is 34.4 Å². The van der Waals surface area contributed by atoms with Gasteiger partial charge in [0.1, 0.15) is 10.8 Å². The summed E-state index contributed by atoms with van der Waals surface area (Å²) in [5.41, 5.74) is 2.23. The average Bonchev–Trinajstić information content (AvgIpc) is 3.08. The lowest BCUT2D eigenvalue weighted by molar-refractivity contribution is 0.829. The highest BCUT2D eigenvalue weighted by Gasteiger charge is 2.31. The Hall–Kier alpha value is -1.96. The molecule has 1 aliphatic carbocycles. The van der Waals surface area contributed by atoms with Crippen molar-refractivity contribution in [2.45, 2.75) is 29.7 Å². The second-order valence-corrected chi connectivity index (χ2v) is 8.94. The standard InChI is InChI=1S/C19H16N4S3/c1-2-5-15(6-3-1)23-17(13-8-9-13)21-22-19(23)26-12-14-11-25-18(20-14)16-7-4-10-24-16/h1-7,10-11,13H,8-9,12H2. The second kappa shape index (κ2) is 6.98. The van der Waals surface area contributed by atoms with Gasteiger partial charge in [-0.3, -0.25) is 4.57 Å². The van der Waals surface area contributed by atoms with Crippen LogP contribution in [-0.2, 0) is 5.75 Å². The lowest BCUT2D eigenvalue weighted by Crippen LogP contribution is -2.01. The molecule has 0 bridgehead atoms. The maximum Gasteiger partial charge on any atom is 0.196 e. The van der Waals surface area contributed by atoms with Crippen molar-refractivity contribution in [1.29, 1.82) is 0 Å². The zero-order chi connectivity index (χ0) is 17.3. The van der Waals surface area contributed by atoms with E-state index in [4.69, 9.17) is 4.98 Å². The third kappa shape index (κ3) is 3.22. The molecule has 3 aromatic heterocycles. The highest BCUT2D eigenvalue weighted by Crippen LogP contribution is 2.41. The van der Waals surface area contributed by atoms with Crippen molar-refractivity contribution < 1.29 is 0 Å². The number of thiophene rings is 1. The van der Waals surface area contributed by atoms with E-state index in [1.165, 1.54) is 17.7 Å². The van der Waals surface area contributed by atoms with Crippen molar-refractivity contribution in [2.24, 2.45) is 0 Å². The SMILES string of the molecule is c1ccc(-n2c(SCc3csc(-c4cccs4)n3)nnc2C2CC2)cc1. The predicted molar refractivity (Wildman–Crippen MR) is 108 cm³/mol. The molecule has 3 heterocycles. The molecule has 1 fully saturated rings. The Morgan fingerprint density at radius 3 is 2.69 bits per heavy atom. The number of hydrogen-bond donors (Lipinski definition) is 0. The number of benzene rings is 1. The van der Waals surface area contributed by atoms with Crippen LogP contribution in [0.4, 0.5) is 0 Å². The van der Waals surface area contributed by atoms with Crippen molar-refractivity contribution >= 4 is 34.4 Å². The summed E-state index contributed by atoms with van der Waals surface area (Å²) < 4.78 is 2.22. The van der Waals surface area contributed by atoms with Gasteiger partial charge in [0.2, 0.25) is 0 Å². The van der Waals surface area contributed by atoms with Gasteiger partial charge in [-0.1, -0.05) is 36.0 Å². The van der Waals surface area contributed by atoms with Crippen LogP contribution in [0.1, 0.15) is 30.3 Å². The van der Waals surface area contributed by atoms with Crippen LogP contribution in [0.15, 0.2) is 58.4 Å². The number of rotatable bonds is 6. The summed E-state index contributed by atoms with van der Waals surface area (Å²) in [6.45, 7) is 0. The number of para-hydroxylation sites is 1. The number of nitrogens with zero attached hydrogens (tertiary/aromatic N) is 4. The highest BCUT2D eigenvalue weighted by atomic mass is 32.2. The van der Waals surface area contributed by atoms with Crippen LogP contribution in [0.25, 0.3) is 15.6 Å². The second-order valence-electron chi connectivity index (χ2n) is 6.20. The topological polar surface area (TPSA) is 43.6 Å². The van der Waals surface area contributed by atoms with Gasteiger partial charge >= 0.3 is 0 Å². The fraction of sp³-hybridized carbons (Fsp3) is 0.211. The predicted octanol–water partition coefficient (Wildman–Crippen LogP) is 5.62. The normalized spacial score (nSPS) is 14.0. The summed E-state index contributed by atoms with van der Waals surface area (Å²) >= 11 is 5.15. The molecule has 1 aliphatic rings. The Balaban J connectivity index is 1.39. The summed E-state index contributed by atoms with van der Waals surface area (Å²) in [6.07, 6.45) is 2.43. The monoisotopic (exact) mass is 396 g/mol. The number of aromatic nitrogens is 4. The summed E-state index contributed by atoms with van der Waals surface area (Å²) in [5.74, 6) is 2.45. The smallest absolute Gasteiger partial charge is 0.196 e. The maximum atomic E-state index is 4.78. The van der Waals surface area contributed by atoms with Crippen LogP contribution in [0.2, 0.25) is 0 Å². The van der Waals surface area contributed by atoms with Gasteiger partial charge in [-0.05, 0) is 36.4 Å². The molecule has 0 N–H and O–H groups in total. The van der Waals surface area contributed by atoms with Crippen molar-refractivity contribution in [1.82, 2.24) is 19.7 Å². The van der Waals surface area contributed by atoms with Gasteiger partial charge in [0, 0.05) is 22.7 Å². The molecule has 4 nitrogen and oxygen atoms in total. The first-order valence-corrected chi connectivity index (χ1v) is 11.2. The molecule has 1 saturated carbocycles. The number of thiazole rings is 1. The summed E-state index contributed by atoms with van der Waals surface area (Å²) in [4.78, 5) is 6.01. The number of thioether (sulfide) groups is 1. The Morgan fingerprint density at radius 2 is 1.92 bits per heavy atom. The average molecular weight is 397 g/mol. The van der Waals surface area contributed by atoms with Gasteiger partial charge in [0.15, 0.2) is 5.16 Å². The summed E-state index contributed by atoms with van der Waals surface area (Å²) in [7, 11) is 0. The minimum absolute atomic E-state index is 0.557. The minimum Gasteiger partial charge on any atom is -0.274 e. The molecule has 0 atom stereocenters. The lowest BCUT2D eigenvalue weighted by atomic mass is 10.3. The fourth-order valence-corrected chi connectivity index (χ4v) is 5.42. The first-order chi connectivity index (χ1) is 12.9. The Bertz CT molecular complexity index is 1000. The molecule has 26 heavy (non-hydrogen) atoms. The van der Waals surface area contributed by atoms with E-state index < -0.39 is 0 Å². The van der Waals surface area contributed by atoms with Gasteiger partial charge in [-0.15, -0.1) is 32.9 Å². The van der Waals surface area contributed by atoms with Crippen LogP contribution < -0.4 is 0 Å². The molecule has 0 spiro atoms. The van der Waals surface area contributed by atoms with Gasteiger partial charge in [-0.2, -0.15) is 0 Å². The van der Waals surface area contributed by atoms with E-state index in [-0.39, 0.29) is 0 Å². The molecular formula is C19H16N4S3. The molecule has 0 unspecified atom stereocenters. The summed E-state index contributed by atoms with van der Waals surface area (Å²) in [5, 5.41) is 15.2. The molecule has 0 aliphatic heterocycles. The van der Waals surface area contributed by atoms with Crippen LogP contribution in [-0.4, -0.2) is 19.7 Å². The van der Waals surface area contributed by atoms with Gasteiger partial charge in [-0.25, -0.2) is 4.98 Å². The van der Waals surface area contributed by atoms with E-state index in [0.29, 0.717) is 5.92 Å². The van der Waals surface area contributed by atoms with Crippen molar-refractivity contribution in [3.8, 4) is 15.6 Å². The van der Waals surface area contributed by atoms with Crippen LogP contribution in [0.5, 0.6) is 0 Å². The lowest BCUT2D eigenvalue weighted by Gasteiger charge is -2.09.